The average Bonchev–Trinajstić information content (AvgIpc) is 0.994. The first kappa shape index (κ1) is 53.9. The minimum absolute atomic E-state index is 0.0548. The van der Waals surface area contributed by atoms with Crippen molar-refractivity contribution in [3.63, 3.8) is 0 Å². The maximum atomic E-state index is 7.51. The van der Waals surface area contributed by atoms with E-state index in [2.05, 4.69) is 335 Å². The Hall–Kier alpha value is -11.6. The minimum atomic E-state index is -0.160. The van der Waals surface area contributed by atoms with Crippen molar-refractivity contribution in [1.29, 1.82) is 0 Å². The molecule has 0 atom stereocenters. The third kappa shape index (κ3) is 8.06. The summed E-state index contributed by atoms with van der Waals surface area (Å²) in [4.78, 5) is 14.7. The Kier molecular flexibility index (Phi) is 11.8. The molecule has 0 amide bonds. The summed E-state index contributed by atoms with van der Waals surface area (Å²) in [7, 11) is 0. The molecular weight excluding hydrogens is 1210 g/mol. The van der Waals surface area contributed by atoms with Gasteiger partial charge in [0, 0.05) is 98.8 Å². The van der Waals surface area contributed by atoms with Gasteiger partial charge >= 0.3 is 0 Å². The lowest BCUT2D eigenvalue weighted by Crippen LogP contribution is -2.64. The van der Waals surface area contributed by atoms with Gasteiger partial charge in [0.15, 0.2) is 5.58 Å². The smallest absolute Gasteiger partial charge is 0.252 e. The summed E-state index contributed by atoms with van der Waals surface area (Å²) in [6.45, 7) is -0.215. The number of nitrogens with zero attached hydrogens (tertiary/aromatic N) is 4. The lowest BCUT2D eigenvalue weighted by molar-refractivity contribution is 0.661. The summed E-state index contributed by atoms with van der Waals surface area (Å²) in [5.41, 5.74) is 24.5. The van der Waals surface area contributed by atoms with Crippen LogP contribution in [0.2, 0.25) is 0 Å². The molecule has 0 saturated carbocycles. The molecule has 96 heavy (non-hydrogen) atoms. The van der Waals surface area contributed by atoms with Gasteiger partial charge in [0.25, 0.3) is 6.71 Å². The van der Waals surface area contributed by atoms with Crippen LogP contribution in [0.5, 0.6) is 0 Å². The van der Waals surface area contributed by atoms with Gasteiger partial charge in [-0.3, -0.25) is 0 Å². The number of hydrogen-bond acceptors (Lipinski definition) is 8. The Balaban J connectivity index is 0.785. The number of benzene rings is 15. The molecule has 6 nitrogen and oxygen atoms in total. The molecule has 0 aliphatic carbocycles. The van der Waals surface area contributed by atoms with Crippen LogP contribution in [0, 0.1) is 0 Å². The number of para-hydroxylation sites is 7. The van der Waals surface area contributed by atoms with E-state index in [9.17, 15) is 0 Å². The monoisotopic (exact) mass is 1260 g/mol. The van der Waals surface area contributed by atoms with Gasteiger partial charge in [0.2, 0.25) is 6.71 Å². The molecule has 0 fully saturated rings. The van der Waals surface area contributed by atoms with Crippen LogP contribution in [-0.4, -0.2) is 13.4 Å². The fourth-order valence-electron chi connectivity index (χ4n) is 16.1. The van der Waals surface area contributed by atoms with Crippen LogP contribution in [-0.2, 0) is 0 Å². The number of fused-ring (bicyclic) bond motifs is 18. The van der Waals surface area contributed by atoms with Gasteiger partial charge in [0.1, 0.15) is 16.7 Å². The second kappa shape index (κ2) is 21.0. The van der Waals surface area contributed by atoms with E-state index in [1.54, 1.807) is 0 Å². The Morgan fingerprint density at radius 3 is 1.35 bits per heavy atom. The molecule has 2 aromatic heterocycles. The summed E-state index contributed by atoms with van der Waals surface area (Å²) in [5, 5.41) is 8.91. The van der Waals surface area contributed by atoms with Crippen LogP contribution in [0.3, 0.4) is 0 Å². The summed E-state index contributed by atoms with van der Waals surface area (Å²) in [6.07, 6.45) is 0. The second-order valence-corrected chi connectivity index (χ2v) is 27.6. The Labute approximate surface area is 563 Å². The third-order valence-electron chi connectivity index (χ3n) is 20.2. The van der Waals surface area contributed by atoms with E-state index < -0.39 is 0 Å². The average molecular weight is 1260 g/mol. The zero-order valence-electron chi connectivity index (χ0n) is 51.6. The molecule has 0 unspecified atom stereocenters. The second-order valence-electron chi connectivity index (χ2n) is 25.5. The van der Waals surface area contributed by atoms with E-state index in [4.69, 9.17) is 8.83 Å². The molecule has 6 heterocycles. The zero-order chi connectivity index (χ0) is 62.7. The first-order chi connectivity index (χ1) is 47.6. The van der Waals surface area contributed by atoms with Gasteiger partial charge in [-0.2, -0.15) is 0 Å². The topological polar surface area (TPSA) is 39.2 Å². The van der Waals surface area contributed by atoms with Crippen molar-refractivity contribution in [2.45, 2.75) is 19.6 Å². The molecule has 4 aliphatic heterocycles. The van der Waals surface area contributed by atoms with Crippen LogP contribution in [0.4, 0.5) is 68.2 Å². The quantitative estimate of drug-likeness (QED) is 0.139. The molecule has 0 bridgehead atoms. The Morgan fingerprint density at radius 2 is 0.771 bits per heavy atom. The summed E-state index contributed by atoms with van der Waals surface area (Å²) in [5.74, 6) is 0. The fraction of sp³-hybridized carbons (Fsp3) is 0. The molecule has 0 saturated heterocycles. The van der Waals surface area contributed by atoms with Gasteiger partial charge in [-0.05, 0) is 195 Å². The number of rotatable bonds is 8. The summed E-state index contributed by atoms with van der Waals surface area (Å²) >= 11 is 3.77. The largest absolute Gasteiger partial charge is 0.455 e. The van der Waals surface area contributed by atoms with Crippen LogP contribution >= 0.6 is 23.5 Å². The zero-order valence-corrected chi connectivity index (χ0v) is 53.2. The number of hydrogen-bond donors (Lipinski definition) is 0. The highest BCUT2D eigenvalue weighted by atomic mass is 32.2. The lowest BCUT2D eigenvalue weighted by atomic mass is 9.31. The van der Waals surface area contributed by atoms with E-state index in [0.29, 0.717) is 0 Å². The number of furan rings is 2. The van der Waals surface area contributed by atoms with Gasteiger partial charge in [-0.15, -0.1) is 0 Å². The molecule has 21 rings (SSSR count). The Bertz CT molecular complexity index is 6000. The first-order valence-corrected chi connectivity index (χ1v) is 34.4. The summed E-state index contributed by atoms with van der Waals surface area (Å²) < 4.78 is 14.8. The highest BCUT2D eigenvalue weighted by Crippen LogP contribution is 2.52. The molecule has 0 spiro atoms. The fourth-order valence-corrected chi connectivity index (χ4v) is 18.6. The molecule has 446 valence electrons. The Morgan fingerprint density at radius 1 is 0.281 bits per heavy atom. The molecular formula is C86H52B2N4O2S2. The highest BCUT2D eigenvalue weighted by molar-refractivity contribution is 8.01. The van der Waals surface area contributed by atoms with E-state index in [1.807, 2.05) is 23.5 Å². The molecule has 4 aliphatic rings. The summed E-state index contributed by atoms with van der Waals surface area (Å²) in [6, 6.07) is 116. The standard InChI is InChI=1S/C86H52B2N4O2S2/c1-7-23-57(24-8-1)89(58-25-9-2-10-26-58)63-41-39-53-47-76-65(45-55(53)43-63)67-49-75-81-83(84(67)93-76)92(62-33-17-6-18-34-62)73-37-21-19-35-69(73)87(81)71-51-72-79(52-74(71)91(75)61-31-15-5-16-32-61)95-80-50-68-66-46-56-44-64(90(59-27-11-3-12-28-59)60-29-13-4-14-30-60)42-40-54(56)48-77(66)94-85(68)86-82(80)88(72)70-36-20-22-38-78(70)96-86/h1-52H. The van der Waals surface area contributed by atoms with Crippen molar-refractivity contribution < 1.29 is 8.83 Å². The van der Waals surface area contributed by atoms with Crippen molar-refractivity contribution in [2.75, 3.05) is 19.6 Å². The highest BCUT2D eigenvalue weighted by Gasteiger charge is 2.48. The maximum Gasteiger partial charge on any atom is 0.252 e. The van der Waals surface area contributed by atoms with E-state index in [1.165, 1.54) is 58.0 Å². The SMILES string of the molecule is c1ccc(N(c2ccccc2)c2ccc3cc4oc5c6c7c(cc5c4cc3c2)Sc2cc3c(cc2B7c2ccccc2S6)B2c4ccccc4N(c4ccccc4)c4c2c(cc2c4oc4cc5ccc(N(c6ccccc6)c6ccccc6)cc5cc42)N3c2ccccc2)cc1. The van der Waals surface area contributed by atoms with Crippen LogP contribution in [0.15, 0.2) is 344 Å². The van der Waals surface area contributed by atoms with Crippen molar-refractivity contribution in [3.8, 4) is 0 Å². The van der Waals surface area contributed by atoms with Crippen LogP contribution < -0.4 is 52.4 Å². The molecule has 10 heteroatoms. The molecule has 0 radical (unpaired) electrons. The number of anilines is 12. The third-order valence-corrected chi connectivity index (χ3v) is 22.5. The van der Waals surface area contributed by atoms with Gasteiger partial charge < -0.3 is 28.4 Å². The van der Waals surface area contributed by atoms with E-state index in [-0.39, 0.29) is 13.4 Å². The van der Waals surface area contributed by atoms with Crippen molar-refractivity contribution >= 4 is 203 Å². The first-order valence-electron chi connectivity index (χ1n) is 32.8. The predicted molar refractivity (Wildman–Crippen MR) is 405 cm³/mol. The van der Waals surface area contributed by atoms with Crippen molar-refractivity contribution in [3.05, 3.63) is 315 Å². The maximum absolute atomic E-state index is 7.51. The van der Waals surface area contributed by atoms with Crippen LogP contribution in [0.25, 0.3) is 65.4 Å². The molecule has 0 N–H and O–H groups in total. The normalized spacial score (nSPS) is 13.2. The van der Waals surface area contributed by atoms with E-state index >= 15 is 0 Å². The van der Waals surface area contributed by atoms with Crippen LogP contribution in [0.1, 0.15) is 0 Å². The van der Waals surface area contributed by atoms with Crippen molar-refractivity contribution in [1.82, 2.24) is 0 Å². The van der Waals surface area contributed by atoms with E-state index in [0.717, 1.165) is 128 Å². The van der Waals surface area contributed by atoms with Gasteiger partial charge in [-0.1, -0.05) is 198 Å². The molecule has 17 aromatic rings. The minimum Gasteiger partial charge on any atom is -0.455 e. The van der Waals surface area contributed by atoms with Gasteiger partial charge in [-0.25, -0.2) is 0 Å². The van der Waals surface area contributed by atoms with Gasteiger partial charge in [0.05, 0.1) is 10.6 Å². The molecule has 15 aromatic carbocycles. The van der Waals surface area contributed by atoms with Crippen molar-refractivity contribution in [2.24, 2.45) is 0 Å². The predicted octanol–water partition coefficient (Wildman–Crippen LogP) is 20.3. The lowest BCUT2D eigenvalue weighted by Gasteiger charge is -2.45.